The first-order chi connectivity index (χ1) is 6.99. The van der Waals surface area contributed by atoms with Crippen molar-refractivity contribution in [2.24, 2.45) is 5.92 Å². The molecule has 1 N–H and O–H groups in total. The Kier molecular flexibility index (Phi) is 3.61. The molecule has 1 fully saturated rings. The summed E-state index contributed by atoms with van der Waals surface area (Å²) in [5.41, 5.74) is -1.07. The van der Waals surface area contributed by atoms with Gasteiger partial charge in [-0.25, -0.2) is 0 Å². The molecule has 0 radical (unpaired) electrons. The highest BCUT2D eigenvalue weighted by atomic mass is 19.3. The smallest absolute Gasteiger partial charge is 0.315 e. The summed E-state index contributed by atoms with van der Waals surface area (Å²) in [5, 5.41) is 11.1. The average Bonchev–Trinajstić information content (AvgIpc) is 2.21. The molecule has 0 aliphatic heterocycles. The van der Waals surface area contributed by atoms with Crippen LogP contribution in [0.3, 0.4) is 0 Å². The van der Waals surface area contributed by atoms with Crippen LogP contribution in [0.2, 0.25) is 0 Å². The van der Waals surface area contributed by atoms with Crippen LogP contribution < -0.4 is 5.32 Å². The lowest BCUT2D eigenvalue weighted by molar-refractivity contribution is -0.133. The number of nitrogens with zero attached hydrogens (tertiary/aromatic N) is 1. The number of carbonyl (C=O) groups is 1. The van der Waals surface area contributed by atoms with Gasteiger partial charge < -0.3 is 5.32 Å². The first-order valence-electron chi connectivity index (χ1n) is 5.00. The molecule has 0 aromatic heterocycles. The third-order valence-electron chi connectivity index (χ3n) is 2.90. The molecule has 1 amide bonds. The molecule has 0 aromatic rings. The lowest BCUT2D eigenvalue weighted by atomic mass is 9.78. The number of hydrogen-bond donors (Lipinski definition) is 1. The van der Waals surface area contributed by atoms with Gasteiger partial charge in [0.1, 0.15) is 5.54 Å². The van der Waals surface area contributed by atoms with Gasteiger partial charge in [0.25, 0.3) is 5.91 Å². The molecule has 1 aliphatic carbocycles. The van der Waals surface area contributed by atoms with Crippen LogP contribution >= 0.6 is 0 Å². The van der Waals surface area contributed by atoms with Crippen LogP contribution in [0.1, 0.15) is 32.6 Å². The lowest BCUT2D eigenvalue weighted by Crippen LogP contribution is -2.51. The first-order valence-corrected chi connectivity index (χ1v) is 5.00. The quantitative estimate of drug-likeness (QED) is 0.765. The van der Waals surface area contributed by atoms with Crippen LogP contribution in [0, 0.1) is 17.2 Å². The summed E-state index contributed by atoms with van der Waals surface area (Å²) in [7, 11) is 0. The molecule has 15 heavy (non-hydrogen) atoms. The maximum Gasteiger partial charge on any atom is 0.315 e. The Balaban J connectivity index is 2.63. The van der Waals surface area contributed by atoms with E-state index in [4.69, 9.17) is 5.26 Å². The van der Waals surface area contributed by atoms with Gasteiger partial charge in [-0.1, -0.05) is 6.92 Å². The zero-order chi connectivity index (χ0) is 11.5. The molecule has 0 atom stereocenters. The maximum absolute atomic E-state index is 12.0. The summed E-state index contributed by atoms with van der Waals surface area (Å²) < 4.78 is 24.1. The van der Waals surface area contributed by atoms with Crippen LogP contribution in [-0.4, -0.2) is 17.9 Å². The standard InChI is InChI=1S/C10H14F2N2O/c1-7-2-4-10(6-13,5-3-7)14-9(15)8(11)12/h7-8H,2-5H2,1H3,(H,14,15). The monoisotopic (exact) mass is 216 g/mol. The molecule has 0 heterocycles. The van der Waals surface area contributed by atoms with Crippen molar-refractivity contribution >= 4 is 5.91 Å². The lowest BCUT2D eigenvalue weighted by Gasteiger charge is -2.34. The Bertz CT molecular complexity index is 278. The number of halogens is 2. The predicted octanol–water partition coefficient (Wildman–Crippen LogP) is 1.84. The molecule has 0 aromatic carbocycles. The highest BCUT2D eigenvalue weighted by molar-refractivity contribution is 5.80. The fourth-order valence-electron chi connectivity index (χ4n) is 1.81. The fourth-order valence-corrected chi connectivity index (χ4v) is 1.81. The van der Waals surface area contributed by atoms with E-state index >= 15 is 0 Å². The number of carbonyl (C=O) groups excluding carboxylic acids is 1. The molecule has 1 aliphatic rings. The van der Waals surface area contributed by atoms with Crippen molar-refractivity contribution < 1.29 is 13.6 Å². The molecule has 84 valence electrons. The summed E-state index contributed by atoms with van der Waals surface area (Å²) in [4.78, 5) is 10.8. The molecule has 3 nitrogen and oxygen atoms in total. The van der Waals surface area contributed by atoms with Crippen LogP contribution in [0.5, 0.6) is 0 Å². The van der Waals surface area contributed by atoms with Crippen molar-refractivity contribution in [1.29, 1.82) is 5.26 Å². The van der Waals surface area contributed by atoms with Crippen molar-refractivity contribution in [3.8, 4) is 6.07 Å². The third kappa shape index (κ3) is 2.88. The number of nitrogens with one attached hydrogen (secondary N) is 1. The average molecular weight is 216 g/mol. The molecular weight excluding hydrogens is 202 g/mol. The Labute approximate surface area is 87.5 Å². The second-order valence-electron chi connectivity index (χ2n) is 4.17. The molecule has 0 unspecified atom stereocenters. The van der Waals surface area contributed by atoms with Gasteiger partial charge in [-0.15, -0.1) is 0 Å². The normalized spacial score (nSPS) is 31.0. The SMILES string of the molecule is CC1CCC(C#N)(NC(=O)C(F)F)CC1. The number of nitriles is 1. The Morgan fingerprint density at radius 1 is 1.53 bits per heavy atom. The first kappa shape index (κ1) is 11.9. The van der Waals surface area contributed by atoms with E-state index in [2.05, 4.69) is 12.2 Å². The predicted molar refractivity (Wildman–Crippen MR) is 50.1 cm³/mol. The van der Waals surface area contributed by atoms with Gasteiger partial charge in [-0.05, 0) is 31.6 Å². The molecule has 0 bridgehead atoms. The Hall–Kier alpha value is -1.18. The van der Waals surface area contributed by atoms with Gasteiger partial charge in [0.05, 0.1) is 6.07 Å². The highest BCUT2D eigenvalue weighted by Crippen LogP contribution is 2.31. The van der Waals surface area contributed by atoms with Gasteiger partial charge >= 0.3 is 6.43 Å². The van der Waals surface area contributed by atoms with Crippen LogP contribution in [0.15, 0.2) is 0 Å². The molecule has 0 spiro atoms. The van der Waals surface area contributed by atoms with Crippen molar-refractivity contribution in [2.75, 3.05) is 0 Å². The van der Waals surface area contributed by atoms with Crippen molar-refractivity contribution in [1.82, 2.24) is 5.32 Å². The minimum absolute atomic E-state index is 0.461. The van der Waals surface area contributed by atoms with Gasteiger partial charge in [0.2, 0.25) is 0 Å². The fraction of sp³-hybridized carbons (Fsp3) is 0.800. The van der Waals surface area contributed by atoms with E-state index in [9.17, 15) is 13.6 Å². The largest absolute Gasteiger partial charge is 0.333 e. The van der Waals surface area contributed by atoms with E-state index in [1.54, 1.807) is 0 Å². The molecule has 0 saturated heterocycles. The Morgan fingerprint density at radius 3 is 2.47 bits per heavy atom. The summed E-state index contributed by atoms with van der Waals surface area (Å²) >= 11 is 0. The number of rotatable bonds is 2. The van der Waals surface area contributed by atoms with E-state index in [0.29, 0.717) is 18.8 Å². The summed E-state index contributed by atoms with van der Waals surface area (Å²) in [5.74, 6) is -0.846. The van der Waals surface area contributed by atoms with Crippen molar-refractivity contribution in [3.05, 3.63) is 0 Å². The minimum Gasteiger partial charge on any atom is -0.333 e. The van der Waals surface area contributed by atoms with Gasteiger partial charge in [-0.2, -0.15) is 14.0 Å². The van der Waals surface area contributed by atoms with Crippen LogP contribution in [0.25, 0.3) is 0 Å². The van der Waals surface area contributed by atoms with E-state index < -0.39 is 17.9 Å². The van der Waals surface area contributed by atoms with Crippen LogP contribution in [0.4, 0.5) is 8.78 Å². The summed E-state index contributed by atoms with van der Waals surface area (Å²) in [6.45, 7) is 2.05. The van der Waals surface area contributed by atoms with Gasteiger partial charge in [0, 0.05) is 0 Å². The Morgan fingerprint density at radius 2 is 2.07 bits per heavy atom. The van der Waals surface area contributed by atoms with Gasteiger partial charge in [0.15, 0.2) is 0 Å². The van der Waals surface area contributed by atoms with E-state index in [0.717, 1.165) is 12.8 Å². The van der Waals surface area contributed by atoms with E-state index in [1.807, 2.05) is 6.07 Å². The van der Waals surface area contributed by atoms with Crippen molar-refractivity contribution in [3.63, 3.8) is 0 Å². The second kappa shape index (κ2) is 4.56. The zero-order valence-electron chi connectivity index (χ0n) is 8.59. The van der Waals surface area contributed by atoms with Crippen LogP contribution in [-0.2, 0) is 4.79 Å². The second-order valence-corrected chi connectivity index (χ2v) is 4.17. The zero-order valence-corrected chi connectivity index (χ0v) is 8.59. The molecule has 1 rings (SSSR count). The number of hydrogen-bond acceptors (Lipinski definition) is 2. The minimum atomic E-state index is -3.05. The topological polar surface area (TPSA) is 52.9 Å². The summed E-state index contributed by atoms with van der Waals surface area (Å²) in [6, 6.07) is 1.96. The molecule has 1 saturated carbocycles. The number of alkyl halides is 2. The van der Waals surface area contributed by atoms with E-state index in [1.165, 1.54) is 0 Å². The summed E-state index contributed by atoms with van der Waals surface area (Å²) in [6.07, 6.45) is -0.546. The van der Waals surface area contributed by atoms with Gasteiger partial charge in [-0.3, -0.25) is 4.79 Å². The van der Waals surface area contributed by atoms with E-state index in [-0.39, 0.29) is 0 Å². The number of amides is 1. The molecule has 5 heteroatoms. The third-order valence-corrected chi connectivity index (χ3v) is 2.90. The van der Waals surface area contributed by atoms with Crippen molar-refractivity contribution in [2.45, 2.75) is 44.6 Å². The molecular formula is C10H14F2N2O. The maximum atomic E-state index is 12.0. The highest BCUT2D eigenvalue weighted by Gasteiger charge is 2.37.